The summed E-state index contributed by atoms with van der Waals surface area (Å²) in [5.41, 5.74) is 0.612. The minimum absolute atomic E-state index is 0.321. The molecule has 0 radical (unpaired) electrons. The van der Waals surface area contributed by atoms with E-state index in [1.54, 1.807) is 0 Å². The van der Waals surface area contributed by atoms with Crippen molar-refractivity contribution in [2.45, 2.75) is 128 Å². The second-order valence-electron chi connectivity index (χ2n) is 8.53. The third kappa shape index (κ3) is 13.3. The fourth-order valence-corrected chi connectivity index (χ4v) is 5.95. The standard InChI is InChI=1S/C24H49O4P/c1-5-7-10-14-22(25-3)18-20-27-29(24-16-12-9-13-17-24)28-21-19-23(26-4)15-11-8-6-2/h22-24H,5-21H2,1-4H3. The lowest BCUT2D eigenvalue weighted by Gasteiger charge is -2.30. The first-order chi connectivity index (χ1) is 14.2. The van der Waals surface area contributed by atoms with Gasteiger partial charge in [-0.3, -0.25) is 0 Å². The van der Waals surface area contributed by atoms with Gasteiger partial charge in [-0.05, 0) is 38.5 Å². The first-order valence-electron chi connectivity index (χ1n) is 12.4. The number of rotatable bonds is 19. The SMILES string of the molecule is CCCCCC(CCOP(OCCC(CCCCC)OC)C1CCCCC1)OC. The molecule has 1 aliphatic carbocycles. The molecular formula is C24H49O4P. The molecule has 174 valence electrons. The van der Waals surface area contributed by atoms with Crippen molar-refractivity contribution in [2.24, 2.45) is 0 Å². The van der Waals surface area contributed by atoms with Gasteiger partial charge < -0.3 is 18.5 Å². The van der Waals surface area contributed by atoms with E-state index in [2.05, 4.69) is 13.8 Å². The Labute approximate surface area is 182 Å². The van der Waals surface area contributed by atoms with Crippen molar-refractivity contribution in [1.82, 2.24) is 0 Å². The molecule has 0 spiro atoms. The number of hydrogen-bond acceptors (Lipinski definition) is 4. The van der Waals surface area contributed by atoms with Crippen LogP contribution in [0.3, 0.4) is 0 Å². The zero-order valence-electron chi connectivity index (χ0n) is 19.8. The Balaban J connectivity index is 2.39. The fourth-order valence-electron chi connectivity index (χ4n) is 4.09. The summed E-state index contributed by atoms with van der Waals surface area (Å²) in [6, 6.07) is 0. The average Bonchev–Trinajstić information content (AvgIpc) is 2.76. The molecule has 1 fully saturated rings. The molecule has 0 aromatic heterocycles. The largest absolute Gasteiger partial charge is 0.381 e. The minimum Gasteiger partial charge on any atom is -0.381 e. The molecule has 5 heteroatoms. The molecular weight excluding hydrogens is 383 g/mol. The van der Waals surface area contributed by atoms with Crippen molar-refractivity contribution < 1.29 is 18.5 Å². The lowest BCUT2D eigenvalue weighted by atomic mass is 10.0. The van der Waals surface area contributed by atoms with Crippen LogP contribution in [0.1, 0.15) is 110 Å². The molecule has 2 atom stereocenters. The van der Waals surface area contributed by atoms with Crippen molar-refractivity contribution in [3.8, 4) is 0 Å². The van der Waals surface area contributed by atoms with Crippen LogP contribution < -0.4 is 0 Å². The summed E-state index contributed by atoms with van der Waals surface area (Å²) in [6.07, 6.45) is 19.0. The van der Waals surface area contributed by atoms with Crippen molar-refractivity contribution in [2.75, 3.05) is 27.4 Å². The molecule has 0 bridgehead atoms. The fraction of sp³-hybridized carbons (Fsp3) is 1.00. The van der Waals surface area contributed by atoms with Crippen LogP contribution in [0.4, 0.5) is 0 Å². The Morgan fingerprint density at radius 3 is 1.59 bits per heavy atom. The molecule has 1 aliphatic rings. The normalized spacial score (nSPS) is 18.6. The van der Waals surface area contributed by atoms with Crippen molar-refractivity contribution in [3.05, 3.63) is 0 Å². The molecule has 4 nitrogen and oxygen atoms in total. The predicted octanol–water partition coefficient (Wildman–Crippen LogP) is 7.64. The highest BCUT2D eigenvalue weighted by Crippen LogP contribution is 2.50. The average molecular weight is 433 g/mol. The lowest BCUT2D eigenvalue weighted by molar-refractivity contribution is 0.0647. The van der Waals surface area contributed by atoms with Crippen LogP contribution in [0.15, 0.2) is 0 Å². The van der Waals surface area contributed by atoms with Gasteiger partial charge in [0.1, 0.15) is 0 Å². The first-order valence-corrected chi connectivity index (χ1v) is 13.6. The van der Waals surface area contributed by atoms with E-state index in [-0.39, 0.29) is 0 Å². The zero-order chi connectivity index (χ0) is 21.2. The second-order valence-corrected chi connectivity index (χ2v) is 10.3. The minimum atomic E-state index is -0.793. The highest BCUT2D eigenvalue weighted by Gasteiger charge is 2.26. The van der Waals surface area contributed by atoms with Crippen LogP contribution in [0.2, 0.25) is 0 Å². The van der Waals surface area contributed by atoms with Crippen LogP contribution in [0.25, 0.3) is 0 Å². The molecule has 2 unspecified atom stereocenters. The van der Waals surface area contributed by atoms with E-state index >= 15 is 0 Å². The summed E-state index contributed by atoms with van der Waals surface area (Å²) in [7, 11) is 2.87. The number of unbranched alkanes of at least 4 members (excludes halogenated alkanes) is 4. The third-order valence-corrected chi connectivity index (χ3v) is 8.10. The molecule has 0 aromatic carbocycles. The van der Waals surface area contributed by atoms with Crippen molar-refractivity contribution in [3.63, 3.8) is 0 Å². The van der Waals surface area contributed by atoms with Gasteiger partial charge in [-0.1, -0.05) is 71.6 Å². The van der Waals surface area contributed by atoms with Crippen LogP contribution >= 0.6 is 8.38 Å². The second kappa shape index (κ2) is 19.0. The van der Waals surface area contributed by atoms with Crippen molar-refractivity contribution >= 4 is 8.38 Å². The van der Waals surface area contributed by atoms with Gasteiger partial charge in [0.15, 0.2) is 8.38 Å². The maximum absolute atomic E-state index is 6.36. The molecule has 0 aromatic rings. The van der Waals surface area contributed by atoms with E-state index in [0.29, 0.717) is 17.9 Å². The third-order valence-electron chi connectivity index (χ3n) is 6.12. The topological polar surface area (TPSA) is 36.9 Å². The maximum atomic E-state index is 6.36. The molecule has 0 heterocycles. The highest BCUT2D eigenvalue weighted by molar-refractivity contribution is 7.48. The monoisotopic (exact) mass is 432 g/mol. The van der Waals surface area contributed by atoms with E-state index in [4.69, 9.17) is 18.5 Å². The summed E-state index contributed by atoms with van der Waals surface area (Å²) in [6.45, 7) is 6.02. The molecule has 1 saturated carbocycles. The van der Waals surface area contributed by atoms with Crippen LogP contribution in [0, 0.1) is 0 Å². The molecule has 0 saturated heterocycles. The van der Waals surface area contributed by atoms with Crippen LogP contribution in [-0.2, 0) is 18.5 Å². The predicted molar refractivity (Wildman–Crippen MR) is 125 cm³/mol. The summed E-state index contributed by atoms with van der Waals surface area (Å²) in [5.74, 6) is 0. The summed E-state index contributed by atoms with van der Waals surface area (Å²) in [4.78, 5) is 0. The van der Waals surface area contributed by atoms with E-state index in [1.165, 1.54) is 70.6 Å². The Bertz CT molecular complexity index is 326. The number of hydrogen-bond donors (Lipinski definition) is 0. The van der Waals surface area contributed by atoms with Gasteiger partial charge in [0.2, 0.25) is 0 Å². The number of ether oxygens (including phenoxy) is 2. The molecule has 0 N–H and O–H groups in total. The van der Waals surface area contributed by atoms with E-state index < -0.39 is 8.38 Å². The molecule has 29 heavy (non-hydrogen) atoms. The molecule has 0 aliphatic heterocycles. The first kappa shape index (κ1) is 27.3. The molecule has 1 rings (SSSR count). The van der Waals surface area contributed by atoms with Gasteiger partial charge in [-0.25, -0.2) is 0 Å². The number of methoxy groups -OCH3 is 2. The van der Waals surface area contributed by atoms with Crippen molar-refractivity contribution in [1.29, 1.82) is 0 Å². The summed E-state index contributed by atoms with van der Waals surface area (Å²) >= 11 is 0. The van der Waals surface area contributed by atoms with Gasteiger partial charge in [0.25, 0.3) is 0 Å². The Kier molecular flexibility index (Phi) is 17.9. The molecule has 0 amide bonds. The summed E-state index contributed by atoms with van der Waals surface area (Å²) < 4.78 is 24.0. The lowest BCUT2D eigenvalue weighted by Crippen LogP contribution is -2.18. The van der Waals surface area contributed by atoms with Crippen LogP contribution in [-0.4, -0.2) is 45.3 Å². The Morgan fingerprint density at radius 1 is 0.690 bits per heavy atom. The van der Waals surface area contributed by atoms with E-state index in [0.717, 1.165) is 38.9 Å². The smallest absolute Gasteiger partial charge is 0.173 e. The summed E-state index contributed by atoms with van der Waals surface area (Å²) in [5, 5.41) is 0. The zero-order valence-corrected chi connectivity index (χ0v) is 20.7. The Morgan fingerprint density at radius 2 is 1.17 bits per heavy atom. The van der Waals surface area contributed by atoms with Gasteiger partial charge in [0, 0.05) is 19.9 Å². The van der Waals surface area contributed by atoms with Crippen LogP contribution in [0.5, 0.6) is 0 Å². The quantitative estimate of drug-likeness (QED) is 0.155. The maximum Gasteiger partial charge on any atom is 0.173 e. The highest BCUT2D eigenvalue weighted by atomic mass is 31.2. The van der Waals surface area contributed by atoms with Gasteiger partial charge in [0.05, 0.1) is 25.4 Å². The van der Waals surface area contributed by atoms with Gasteiger partial charge in [-0.2, -0.15) is 0 Å². The Hall–Kier alpha value is 0.270. The van der Waals surface area contributed by atoms with Gasteiger partial charge >= 0.3 is 0 Å². The van der Waals surface area contributed by atoms with E-state index in [1.807, 2.05) is 14.2 Å². The van der Waals surface area contributed by atoms with E-state index in [9.17, 15) is 0 Å². The van der Waals surface area contributed by atoms with Gasteiger partial charge in [-0.15, -0.1) is 0 Å².